The summed E-state index contributed by atoms with van der Waals surface area (Å²) >= 11 is 0. The van der Waals surface area contributed by atoms with Gasteiger partial charge in [0, 0.05) is 6.04 Å². The van der Waals surface area contributed by atoms with Crippen LogP contribution in [0.4, 0.5) is 0 Å². The average Bonchev–Trinajstić information content (AvgIpc) is 2.26. The number of benzene rings is 1. The second-order valence-electron chi connectivity index (χ2n) is 3.58. The van der Waals surface area contributed by atoms with Crippen LogP contribution in [0.1, 0.15) is 18.9 Å². The average molecular weight is 193 g/mol. The summed E-state index contributed by atoms with van der Waals surface area (Å²) in [6.07, 6.45) is 2.29. The number of hydrogen-bond donors (Lipinski definition) is 1. The molecular formula is C12H19NO. The summed E-state index contributed by atoms with van der Waals surface area (Å²) in [6.45, 7) is 2.20. The van der Waals surface area contributed by atoms with Crippen LogP contribution in [0.5, 0.6) is 5.75 Å². The molecule has 0 saturated carbocycles. The summed E-state index contributed by atoms with van der Waals surface area (Å²) in [7, 11) is 3.69. The van der Waals surface area contributed by atoms with Crippen LogP contribution >= 0.6 is 0 Å². The van der Waals surface area contributed by atoms with E-state index in [1.807, 2.05) is 19.2 Å². The van der Waals surface area contributed by atoms with Gasteiger partial charge in [0.05, 0.1) is 7.11 Å². The molecule has 0 aliphatic carbocycles. The summed E-state index contributed by atoms with van der Waals surface area (Å²) in [4.78, 5) is 0. The van der Waals surface area contributed by atoms with Gasteiger partial charge in [-0.2, -0.15) is 0 Å². The Bertz CT molecular complexity index is 256. The fourth-order valence-corrected chi connectivity index (χ4v) is 1.32. The first-order chi connectivity index (χ1) is 6.76. The van der Waals surface area contributed by atoms with E-state index in [1.165, 1.54) is 12.0 Å². The minimum Gasteiger partial charge on any atom is -0.497 e. The van der Waals surface area contributed by atoms with Crippen LogP contribution in [0.25, 0.3) is 0 Å². The Hall–Kier alpha value is -1.02. The molecule has 1 N–H and O–H groups in total. The Morgan fingerprint density at radius 1 is 1.29 bits per heavy atom. The van der Waals surface area contributed by atoms with Crippen LogP contribution in [0, 0.1) is 0 Å². The van der Waals surface area contributed by atoms with Crippen molar-refractivity contribution < 1.29 is 4.74 Å². The molecule has 0 spiro atoms. The molecule has 14 heavy (non-hydrogen) atoms. The van der Waals surface area contributed by atoms with Crippen molar-refractivity contribution in [2.24, 2.45) is 0 Å². The number of hydrogen-bond acceptors (Lipinski definition) is 2. The Morgan fingerprint density at radius 3 is 2.43 bits per heavy atom. The van der Waals surface area contributed by atoms with Crippen molar-refractivity contribution >= 4 is 0 Å². The molecule has 0 radical (unpaired) electrons. The third-order valence-corrected chi connectivity index (χ3v) is 2.52. The zero-order chi connectivity index (χ0) is 10.4. The first-order valence-corrected chi connectivity index (χ1v) is 5.06. The summed E-state index contributed by atoms with van der Waals surface area (Å²) in [5.41, 5.74) is 1.37. The van der Waals surface area contributed by atoms with Crippen LogP contribution in [-0.4, -0.2) is 20.2 Å². The van der Waals surface area contributed by atoms with Gasteiger partial charge < -0.3 is 10.1 Å². The van der Waals surface area contributed by atoms with Crippen LogP contribution in [0.2, 0.25) is 0 Å². The van der Waals surface area contributed by atoms with Gasteiger partial charge in [-0.3, -0.25) is 0 Å². The first kappa shape index (κ1) is 11.1. The van der Waals surface area contributed by atoms with Gasteiger partial charge in [-0.05, 0) is 44.5 Å². The monoisotopic (exact) mass is 193 g/mol. The molecule has 0 bridgehead atoms. The predicted molar refractivity (Wildman–Crippen MR) is 59.8 cm³/mol. The minimum absolute atomic E-state index is 0.581. The molecule has 2 heteroatoms. The van der Waals surface area contributed by atoms with E-state index in [-0.39, 0.29) is 0 Å². The van der Waals surface area contributed by atoms with Crippen molar-refractivity contribution in [1.82, 2.24) is 5.32 Å². The fourth-order valence-electron chi connectivity index (χ4n) is 1.32. The smallest absolute Gasteiger partial charge is 0.118 e. The van der Waals surface area contributed by atoms with Crippen LogP contribution in [0.15, 0.2) is 24.3 Å². The van der Waals surface area contributed by atoms with E-state index in [4.69, 9.17) is 4.74 Å². The Morgan fingerprint density at radius 2 is 1.93 bits per heavy atom. The molecule has 0 saturated heterocycles. The van der Waals surface area contributed by atoms with Crippen molar-refractivity contribution in [3.05, 3.63) is 29.8 Å². The molecule has 0 heterocycles. The molecule has 1 atom stereocenters. The second kappa shape index (κ2) is 5.66. The van der Waals surface area contributed by atoms with Gasteiger partial charge in [0.25, 0.3) is 0 Å². The maximum atomic E-state index is 5.10. The van der Waals surface area contributed by atoms with Crippen molar-refractivity contribution in [3.63, 3.8) is 0 Å². The standard InChI is InChI=1S/C12H19NO/c1-10(13-2)4-5-11-6-8-12(14-3)9-7-11/h6-10,13H,4-5H2,1-3H3. The predicted octanol–water partition coefficient (Wildman–Crippen LogP) is 2.24. The van der Waals surface area contributed by atoms with E-state index in [0.717, 1.165) is 12.2 Å². The molecule has 78 valence electrons. The number of aryl methyl sites for hydroxylation is 1. The molecule has 0 amide bonds. The van der Waals surface area contributed by atoms with E-state index in [9.17, 15) is 0 Å². The van der Waals surface area contributed by atoms with Gasteiger partial charge in [0.15, 0.2) is 0 Å². The van der Waals surface area contributed by atoms with E-state index < -0.39 is 0 Å². The molecular weight excluding hydrogens is 174 g/mol. The summed E-state index contributed by atoms with van der Waals surface area (Å²) < 4.78 is 5.10. The summed E-state index contributed by atoms with van der Waals surface area (Å²) in [5, 5.41) is 3.23. The maximum Gasteiger partial charge on any atom is 0.118 e. The third kappa shape index (κ3) is 3.38. The highest BCUT2D eigenvalue weighted by molar-refractivity contribution is 5.27. The van der Waals surface area contributed by atoms with Gasteiger partial charge in [0.2, 0.25) is 0 Å². The molecule has 0 aromatic heterocycles. The number of ether oxygens (including phenoxy) is 1. The van der Waals surface area contributed by atoms with Crippen molar-refractivity contribution in [1.29, 1.82) is 0 Å². The molecule has 1 aromatic carbocycles. The molecule has 1 rings (SSSR count). The topological polar surface area (TPSA) is 21.3 Å². The molecule has 2 nitrogen and oxygen atoms in total. The van der Waals surface area contributed by atoms with E-state index >= 15 is 0 Å². The van der Waals surface area contributed by atoms with Crippen LogP contribution in [-0.2, 0) is 6.42 Å². The lowest BCUT2D eigenvalue weighted by Crippen LogP contribution is -2.21. The first-order valence-electron chi connectivity index (χ1n) is 5.06. The van der Waals surface area contributed by atoms with Gasteiger partial charge in [-0.1, -0.05) is 12.1 Å². The summed E-state index contributed by atoms with van der Waals surface area (Å²) in [6, 6.07) is 8.86. The molecule has 1 aromatic rings. The van der Waals surface area contributed by atoms with Crippen molar-refractivity contribution in [2.75, 3.05) is 14.2 Å². The lowest BCUT2D eigenvalue weighted by molar-refractivity contribution is 0.414. The lowest BCUT2D eigenvalue weighted by Gasteiger charge is -2.09. The minimum atomic E-state index is 0.581. The fraction of sp³-hybridized carbons (Fsp3) is 0.500. The Labute approximate surface area is 86.3 Å². The highest BCUT2D eigenvalue weighted by atomic mass is 16.5. The zero-order valence-electron chi connectivity index (χ0n) is 9.21. The number of rotatable bonds is 5. The highest BCUT2D eigenvalue weighted by Crippen LogP contribution is 2.12. The summed E-state index contributed by atoms with van der Waals surface area (Å²) in [5.74, 6) is 0.926. The normalized spacial score (nSPS) is 12.5. The molecule has 0 aliphatic heterocycles. The lowest BCUT2D eigenvalue weighted by atomic mass is 10.1. The quantitative estimate of drug-likeness (QED) is 0.774. The second-order valence-corrected chi connectivity index (χ2v) is 3.58. The van der Waals surface area contributed by atoms with Crippen LogP contribution < -0.4 is 10.1 Å². The SMILES string of the molecule is CNC(C)CCc1ccc(OC)cc1. The van der Waals surface area contributed by atoms with Gasteiger partial charge in [-0.15, -0.1) is 0 Å². The molecule has 1 unspecified atom stereocenters. The van der Waals surface area contributed by atoms with E-state index in [2.05, 4.69) is 24.4 Å². The Balaban J connectivity index is 2.43. The Kier molecular flexibility index (Phi) is 4.47. The zero-order valence-corrected chi connectivity index (χ0v) is 9.21. The van der Waals surface area contributed by atoms with E-state index in [0.29, 0.717) is 6.04 Å². The third-order valence-electron chi connectivity index (χ3n) is 2.52. The number of nitrogens with one attached hydrogen (secondary N) is 1. The molecule has 0 fully saturated rings. The highest BCUT2D eigenvalue weighted by Gasteiger charge is 1.99. The van der Waals surface area contributed by atoms with Gasteiger partial charge in [0.1, 0.15) is 5.75 Å². The van der Waals surface area contributed by atoms with Gasteiger partial charge in [-0.25, -0.2) is 0 Å². The largest absolute Gasteiger partial charge is 0.497 e. The molecule has 0 aliphatic rings. The van der Waals surface area contributed by atoms with E-state index in [1.54, 1.807) is 7.11 Å². The van der Waals surface area contributed by atoms with Crippen molar-refractivity contribution in [3.8, 4) is 5.75 Å². The number of methoxy groups -OCH3 is 1. The van der Waals surface area contributed by atoms with Crippen LogP contribution in [0.3, 0.4) is 0 Å². The van der Waals surface area contributed by atoms with Crippen molar-refractivity contribution in [2.45, 2.75) is 25.8 Å². The maximum absolute atomic E-state index is 5.10. The van der Waals surface area contributed by atoms with Gasteiger partial charge >= 0.3 is 0 Å².